The van der Waals surface area contributed by atoms with E-state index >= 15 is 0 Å². The van der Waals surface area contributed by atoms with Crippen molar-refractivity contribution in [3.8, 4) is 0 Å². The Balaban J connectivity index is 3.12. The molecule has 1 rings (SSSR count). The summed E-state index contributed by atoms with van der Waals surface area (Å²) in [4.78, 5) is 0. The third-order valence-corrected chi connectivity index (χ3v) is 7.75. The van der Waals surface area contributed by atoms with E-state index in [9.17, 15) is 0 Å². The number of rotatable bonds is 11. The van der Waals surface area contributed by atoms with Gasteiger partial charge in [-0.2, -0.15) is 0 Å². The van der Waals surface area contributed by atoms with Crippen molar-refractivity contribution in [1.29, 1.82) is 0 Å². The summed E-state index contributed by atoms with van der Waals surface area (Å²) in [5, 5.41) is 0. The predicted molar refractivity (Wildman–Crippen MR) is 92.1 cm³/mol. The van der Waals surface area contributed by atoms with Gasteiger partial charge in [-0.25, -0.2) is 0 Å². The summed E-state index contributed by atoms with van der Waals surface area (Å²) in [5.74, 6) is 1.52. The van der Waals surface area contributed by atoms with E-state index < -0.39 is 7.66 Å². The fourth-order valence-electron chi connectivity index (χ4n) is 2.44. The molecule has 22 heavy (non-hydrogen) atoms. The monoisotopic (exact) mass is 335 g/mol. The second-order valence-electron chi connectivity index (χ2n) is 5.58. The molecule has 1 aliphatic rings. The predicted octanol–water partition coefficient (Wildman–Crippen LogP) is 5.39. The van der Waals surface area contributed by atoms with Gasteiger partial charge in [0.1, 0.15) is 0 Å². The summed E-state index contributed by atoms with van der Waals surface area (Å²) in [6.07, 6.45) is 4.04. The second kappa shape index (κ2) is 8.49. The molecule has 0 fully saturated rings. The van der Waals surface area contributed by atoms with Gasteiger partial charge in [0.05, 0.1) is 0 Å². The van der Waals surface area contributed by atoms with Gasteiger partial charge >= 0.3 is 135 Å². The van der Waals surface area contributed by atoms with Crippen molar-refractivity contribution in [3.05, 3.63) is 11.5 Å². The molecular formula is C16H34NO4P. The van der Waals surface area contributed by atoms with Crippen LogP contribution in [-0.2, 0) is 18.1 Å². The van der Waals surface area contributed by atoms with Gasteiger partial charge in [0.25, 0.3) is 0 Å². The first-order chi connectivity index (χ1) is 10.5. The summed E-state index contributed by atoms with van der Waals surface area (Å²) in [6, 6.07) is 0. The average Bonchev–Trinajstić information content (AvgIpc) is 2.74. The van der Waals surface area contributed by atoms with E-state index in [1.165, 1.54) is 0 Å². The van der Waals surface area contributed by atoms with Gasteiger partial charge in [-0.05, 0) is 0 Å². The molecule has 0 unspecified atom stereocenters. The molecule has 0 atom stereocenters. The van der Waals surface area contributed by atoms with E-state index in [0.717, 1.165) is 50.3 Å². The standard InChI is InChI=1S/C16H34NO4P/c1-7-11-13-18-22(17(9-3)10-4,19-14-12-8-2)20-15(5)16(6)21-22/h7-14H2,1-6H3. The number of hydrogen-bond donors (Lipinski definition) is 0. The Bertz CT molecular complexity index is 354. The van der Waals surface area contributed by atoms with E-state index in [2.05, 4.69) is 32.4 Å². The molecule has 0 bridgehead atoms. The van der Waals surface area contributed by atoms with Gasteiger partial charge in [0.2, 0.25) is 0 Å². The summed E-state index contributed by atoms with van der Waals surface area (Å²) >= 11 is 0. The topological polar surface area (TPSA) is 40.2 Å². The minimum absolute atomic E-state index is 0.581. The molecule has 0 aliphatic carbocycles. The summed E-state index contributed by atoms with van der Waals surface area (Å²) in [7, 11) is -3.75. The van der Waals surface area contributed by atoms with Crippen LogP contribution in [0.5, 0.6) is 0 Å². The van der Waals surface area contributed by atoms with Crippen molar-refractivity contribution >= 4 is 7.66 Å². The molecule has 0 N–H and O–H groups in total. The molecule has 6 heteroatoms. The number of unbranched alkanes of at least 4 members (excludes halogenated alkanes) is 2. The van der Waals surface area contributed by atoms with Crippen molar-refractivity contribution in [2.45, 2.75) is 67.2 Å². The van der Waals surface area contributed by atoms with Crippen molar-refractivity contribution in [1.82, 2.24) is 4.67 Å². The van der Waals surface area contributed by atoms with E-state index in [1.54, 1.807) is 0 Å². The molecule has 5 nitrogen and oxygen atoms in total. The first kappa shape index (κ1) is 19.7. The van der Waals surface area contributed by atoms with Gasteiger partial charge in [-0.15, -0.1) is 0 Å². The first-order valence-electron chi connectivity index (χ1n) is 8.63. The van der Waals surface area contributed by atoms with Crippen LogP contribution in [0.4, 0.5) is 0 Å². The van der Waals surface area contributed by atoms with Gasteiger partial charge in [-0.3, -0.25) is 0 Å². The molecule has 0 aromatic rings. The van der Waals surface area contributed by atoms with Crippen LogP contribution in [0.3, 0.4) is 0 Å². The fraction of sp³-hybridized carbons (Fsp3) is 0.875. The number of allylic oxidation sites excluding steroid dienone is 2. The Morgan fingerprint density at radius 1 is 0.818 bits per heavy atom. The number of hydrogen-bond acceptors (Lipinski definition) is 5. The van der Waals surface area contributed by atoms with Crippen LogP contribution in [0.15, 0.2) is 11.5 Å². The normalized spacial score (nSPS) is 21.3. The van der Waals surface area contributed by atoms with Gasteiger partial charge in [-0.1, -0.05) is 0 Å². The molecule has 0 spiro atoms. The van der Waals surface area contributed by atoms with E-state index in [-0.39, 0.29) is 0 Å². The van der Waals surface area contributed by atoms with Crippen LogP contribution in [0.1, 0.15) is 67.2 Å². The van der Waals surface area contributed by atoms with Crippen LogP contribution < -0.4 is 0 Å². The molecule has 1 heterocycles. The third-order valence-electron chi connectivity index (χ3n) is 3.88. The first-order valence-corrected chi connectivity index (χ1v) is 10.5. The molecule has 1 aliphatic heterocycles. The van der Waals surface area contributed by atoms with E-state index in [0.29, 0.717) is 13.2 Å². The molecule has 0 radical (unpaired) electrons. The summed E-state index contributed by atoms with van der Waals surface area (Å²) in [5.41, 5.74) is 0. The molecule has 0 amide bonds. The maximum absolute atomic E-state index is 6.30. The minimum atomic E-state index is -3.75. The van der Waals surface area contributed by atoms with E-state index in [1.807, 2.05) is 13.8 Å². The Morgan fingerprint density at radius 2 is 1.23 bits per heavy atom. The van der Waals surface area contributed by atoms with Crippen LogP contribution in [-0.4, -0.2) is 31.0 Å². The Morgan fingerprint density at radius 3 is 1.55 bits per heavy atom. The molecule has 0 saturated carbocycles. The summed E-state index contributed by atoms with van der Waals surface area (Å²) < 4.78 is 27.2. The van der Waals surface area contributed by atoms with Crippen LogP contribution in [0.25, 0.3) is 0 Å². The van der Waals surface area contributed by atoms with Crippen molar-refractivity contribution in [3.63, 3.8) is 0 Å². The fourth-order valence-corrected chi connectivity index (χ4v) is 6.28. The Kier molecular flexibility index (Phi) is 7.60. The Hall–Kier alpha value is -0.350. The van der Waals surface area contributed by atoms with Crippen molar-refractivity contribution < 1.29 is 18.1 Å². The van der Waals surface area contributed by atoms with Gasteiger partial charge < -0.3 is 0 Å². The van der Waals surface area contributed by atoms with Gasteiger partial charge in [0.15, 0.2) is 0 Å². The Labute approximate surface area is 136 Å². The molecule has 0 saturated heterocycles. The molecule has 132 valence electrons. The molecule has 0 aromatic carbocycles. The van der Waals surface area contributed by atoms with Crippen LogP contribution in [0.2, 0.25) is 0 Å². The summed E-state index contributed by atoms with van der Waals surface area (Å²) in [6.45, 7) is 15.0. The molecular weight excluding hydrogens is 301 g/mol. The average molecular weight is 335 g/mol. The maximum atomic E-state index is 6.30. The van der Waals surface area contributed by atoms with Crippen molar-refractivity contribution in [2.75, 3.05) is 26.3 Å². The zero-order valence-corrected chi connectivity index (χ0v) is 16.1. The molecule has 0 aromatic heterocycles. The zero-order chi connectivity index (χ0) is 16.7. The van der Waals surface area contributed by atoms with E-state index in [4.69, 9.17) is 18.1 Å². The van der Waals surface area contributed by atoms with Crippen LogP contribution in [0, 0.1) is 0 Å². The zero-order valence-electron chi connectivity index (χ0n) is 15.2. The van der Waals surface area contributed by atoms with Crippen molar-refractivity contribution in [2.24, 2.45) is 0 Å². The second-order valence-corrected chi connectivity index (χ2v) is 8.58. The van der Waals surface area contributed by atoms with Crippen LogP contribution >= 0.6 is 7.66 Å². The number of nitrogens with zero attached hydrogens (tertiary/aromatic N) is 1. The van der Waals surface area contributed by atoms with Gasteiger partial charge in [0, 0.05) is 0 Å². The quantitative estimate of drug-likeness (QED) is 0.374. The third kappa shape index (κ3) is 3.94. The SMILES string of the molecule is CCCCOP1(OCCCC)(N(CC)CC)OC(C)=C(C)O1.